The monoisotopic (exact) mass is 426 g/mol. The third kappa shape index (κ3) is 3.72. The third-order valence-electron chi connectivity index (χ3n) is 7.25. The SMILES string of the molecule is CCCc1nc(N2CCN(C(=O)C3CCCC3)CC2)c2c3c(sc2n1)C[C@@H](C)CC3. The topological polar surface area (TPSA) is 49.3 Å². The van der Waals surface area contributed by atoms with Crippen LogP contribution in [0.5, 0.6) is 0 Å². The van der Waals surface area contributed by atoms with E-state index in [0.717, 1.165) is 75.8 Å². The number of amides is 1. The summed E-state index contributed by atoms with van der Waals surface area (Å²) in [5.74, 6) is 3.57. The van der Waals surface area contributed by atoms with Crippen molar-refractivity contribution in [1.29, 1.82) is 0 Å². The van der Waals surface area contributed by atoms with Gasteiger partial charge in [0.15, 0.2) is 0 Å². The minimum atomic E-state index is 0.282. The molecule has 3 heterocycles. The zero-order valence-corrected chi connectivity index (χ0v) is 19.3. The van der Waals surface area contributed by atoms with Crippen molar-refractivity contribution < 1.29 is 4.79 Å². The van der Waals surface area contributed by atoms with Crippen LogP contribution in [0.1, 0.15) is 68.6 Å². The lowest BCUT2D eigenvalue weighted by atomic mass is 9.89. The molecule has 0 bridgehead atoms. The van der Waals surface area contributed by atoms with Crippen LogP contribution >= 0.6 is 11.3 Å². The first-order valence-electron chi connectivity index (χ1n) is 12.0. The molecule has 0 aromatic carbocycles. The van der Waals surface area contributed by atoms with Gasteiger partial charge in [-0.3, -0.25) is 4.79 Å². The summed E-state index contributed by atoms with van der Waals surface area (Å²) < 4.78 is 0. The first-order valence-corrected chi connectivity index (χ1v) is 12.8. The van der Waals surface area contributed by atoms with Crippen LogP contribution in [-0.4, -0.2) is 47.0 Å². The molecule has 30 heavy (non-hydrogen) atoms. The predicted octanol–water partition coefficient (Wildman–Crippen LogP) is 4.61. The van der Waals surface area contributed by atoms with Crippen molar-refractivity contribution in [2.75, 3.05) is 31.1 Å². The van der Waals surface area contributed by atoms with Gasteiger partial charge in [-0.25, -0.2) is 9.97 Å². The zero-order valence-electron chi connectivity index (χ0n) is 18.5. The Morgan fingerprint density at radius 2 is 1.87 bits per heavy atom. The van der Waals surface area contributed by atoms with Crippen molar-refractivity contribution >= 4 is 33.3 Å². The summed E-state index contributed by atoms with van der Waals surface area (Å²) in [4.78, 5) is 30.2. The molecule has 2 aromatic rings. The average molecular weight is 427 g/mol. The van der Waals surface area contributed by atoms with Crippen LogP contribution < -0.4 is 4.90 Å². The van der Waals surface area contributed by atoms with Crippen LogP contribution in [0.15, 0.2) is 0 Å². The highest BCUT2D eigenvalue weighted by Gasteiger charge is 2.31. The summed E-state index contributed by atoms with van der Waals surface area (Å²) in [5.41, 5.74) is 1.51. The van der Waals surface area contributed by atoms with Gasteiger partial charge in [0.05, 0.1) is 5.39 Å². The lowest BCUT2D eigenvalue weighted by molar-refractivity contribution is -0.135. The second kappa shape index (κ2) is 8.45. The standard InChI is InChI=1S/C24H34N4OS/c1-3-6-20-25-22(21-18-10-9-16(2)15-19(18)30-23(21)26-20)27-11-13-28(14-12-27)24(29)17-7-4-5-8-17/h16-17H,3-15H2,1-2H3/t16-/m0/s1. The van der Waals surface area contributed by atoms with E-state index in [1.165, 1.54) is 46.3 Å². The molecule has 1 atom stereocenters. The van der Waals surface area contributed by atoms with Crippen LogP contribution in [0.25, 0.3) is 10.2 Å². The van der Waals surface area contributed by atoms with Gasteiger partial charge in [0.2, 0.25) is 5.91 Å². The van der Waals surface area contributed by atoms with Crippen LogP contribution in [-0.2, 0) is 24.1 Å². The van der Waals surface area contributed by atoms with E-state index in [2.05, 4.69) is 23.6 Å². The molecule has 5 rings (SSSR count). The van der Waals surface area contributed by atoms with Crippen LogP contribution in [0.2, 0.25) is 0 Å². The molecule has 0 N–H and O–H groups in total. The van der Waals surface area contributed by atoms with Gasteiger partial charge in [0.25, 0.3) is 0 Å². The fraction of sp³-hybridized carbons (Fsp3) is 0.708. The van der Waals surface area contributed by atoms with E-state index in [1.807, 2.05) is 11.3 Å². The number of thiophene rings is 1. The van der Waals surface area contributed by atoms with Crippen LogP contribution in [0.3, 0.4) is 0 Å². The highest BCUT2D eigenvalue weighted by atomic mass is 32.1. The Hall–Kier alpha value is -1.69. The molecule has 0 spiro atoms. The average Bonchev–Trinajstić information content (AvgIpc) is 3.40. The molecular weight excluding hydrogens is 392 g/mol. The van der Waals surface area contributed by atoms with E-state index in [1.54, 1.807) is 0 Å². The number of hydrogen-bond donors (Lipinski definition) is 0. The van der Waals surface area contributed by atoms with E-state index in [4.69, 9.17) is 9.97 Å². The maximum Gasteiger partial charge on any atom is 0.225 e. The van der Waals surface area contributed by atoms with Gasteiger partial charge in [-0.2, -0.15) is 0 Å². The summed E-state index contributed by atoms with van der Waals surface area (Å²) in [6.45, 7) is 7.99. The summed E-state index contributed by atoms with van der Waals surface area (Å²) in [7, 11) is 0. The number of nitrogens with zero attached hydrogens (tertiary/aromatic N) is 4. The molecule has 3 aliphatic rings. The van der Waals surface area contributed by atoms with E-state index < -0.39 is 0 Å². The predicted molar refractivity (Wildman–Crippen MR) is 123 cm³/mol. The van der Waals surface area contributed by atoms with E-state index in [-0.39, 0.29) is 5.92 Å². The molecule has 2 aliphatic carbocycles. The van der Waals surface area contributed by atoms with Gasteiger partial charge in [-0.05, 0) is 50.0 Å². The lowest BCUT2D eigenvalue weighted by Gasteiger charge is -2.37. The van der Waals surface area contributed by atoms with E-state index >= 15 is 0 Å². The largest absolute Gasteiger partial charge is 0.352 e. The van der Waals surface area contributed by atoms with E-state index in [9.17, 15) is 4.79 Å². The Bertz CT molecular complexity index is 925. The number of aryl methyl sites for hydroxylation is 2. The van der Waals surface area contributed by atoms with Gasteiger partial charge < -0.3 is 9.80 Å². The number of aromatic nitrogens is 2. The van der Waals surface area contributed by atoms with Crippen molar-refractivity contribution in [1.82, 2.24) is 14.9 Å². The third-order valence-corrected chi connectivity index (χ3v) is 8.40. The number of piperazine rings is 1. The van der Waals surface area contributed by atoms with Crippen LogP contribution in [0.4, 0.5) is 5.82 Å². The lowest BCUT2D eigenvalue weighted by Crippen LogP contribution is -2.50. The van der Waals surface area contributed by atoms with Gasteiger partial charge in [0.1, 0.15) is 16.5 Å². The normalized spacial score (nSPS) is 22.7. The Labute approximate surface area is 183 Å². The zero-order chi connectivity index (χ0) is 20.7. The summed E-state index contributed by atoms with van der Waals surface area (Å²) in [5, 5.41) is 1.32. The van der Waals surface area contributed by atoms with Gasteiger partial charge in [-0.1, -0.05) is 26.7 Å². The van der Waals surface area contributed by atoms with Crippen LogP contribution in [0, 0.1) is 11.8 Å². The molecule has 0 radical (unpaired) electrons. The van der Waals surface area contributed by atoms with Gasteiger partial charge >= 0.3 is 0 Å². The van der Waals surface area contributed by atoms with Crippen molar-refractivity contribution in [3.8, 4) is 0 Å². The molecular formula is C24H34N4OS. The quantitative estimate of drug-likeness (QED) is 0.716. The fourth-order valence-electron chi connectivity index (χ4n) is 5.50. The summed E-state index contributed by atoms with van der Waals surface area (Å²) in [6.07, 6.45) is 10.2. The second-order valence-electron chi connectivity index (χ2n) is 9.54. The number of hydrogen-bond acceptors (Lipinski definition) is 5. The first-order chi connectivity index (χ1) is 14.6. The van der Waals surface area contributed by atoms with Crippen molar-refractivity contribution in [2.24, 2.45) is 11.8 Å². The first kappa shape index (κ1) is 20.2. The molecule has 2 fully saturated rings. The molecule has 1 saturated carbocycles. The maximum atomic E-state index is 12.9. The number of carbonyl (C=O) groups excluding carboxylic acids is 1. The molecule has 1 amide bonds. The summed E-state index contributed by atoms with van der Waals surface area (Å²) >= 11 is 1.90. The fourth-order valence-corrected chi connectivity index (χ4v) is 6.90. The Balaban J connectivity index is 1.42. The number of carbonyl (C=O) groups is 1. The molecule has 6 heteroatoms. The Morgan fingerprint density at radius 1 is 1.10 bits per heavy atom. The Morgan fingerprint density at radius 3 is 2.60 bits per heavy atom. The minimum absolute atomic E-state index is 0.282. The Kier molecular flexibility index (Phi) is 5.69. The molecule has 1 aliphatic heterocycles. The minimum Gasteiger partial charge on any atom is -0.352 e. The van der Waals surface area contributed by atoms with Crippen molar-refractivity contribution in [2.45, 2.75) is 71.6 Å². The molecule has 162 valence electrons. The highest BCUT2D eigenvalue weighted by molar-refractivity contribution is 7.19. The van der Waals surface area contributed by atoms with Crippen molar-refractivity contribution in [3.05, 3.63) is 16.3 Å². The molecule has 5 nitrogen and oxygen atoms in total. The number of rotatable bonds is 4. The number of fused-ring (bicyclic) bond motifs is 3. The number of anilines is 1. The van der Waals surface area contributed by atoms with Gasteiger partial charge in [0, 0.05) is 43.4 Å². The summed E-state index contributed by atoms with van der Waals surface area (Å²) in [6, 6.07) is 0. The second-order valence-corrected chi connectivity index (χ2v) is 10.6. The van der Waals surface area contributed by atoms with E-state index in [0.29, 0.717) is 5.91 Å². The van der Waals surface area contributed by atoms with Gasteiger partial charge in [-0.15, -0.1) is 11.3 Å². The molecule has 1 saturated heterocycles. The maximum absolute atomic E-state index is 12.9. The molecule has 2 aromatic heterocycles. The smallest absolute Gasteiger partial charge is 0.225 e. The molecule has 0 unspecified atom stereocenters. The highest BCUT2D eigenvalue weighted by Crippen LogP contribution is 2.41. The van der Waals surface area contributed by atoms with Crippen molar-refractivity contribution in [3.63, 3.8) is 0 Å².